The van der Waals surface area contributed by atoms with Gasteiger partial charge in [-0.2, -0.15) is 16.8 Å². The van der Waals surface area contributed by atoms with Crippen molar-refractivity contribution in [1.82, 2.24) is 0 Å². The third-order valence-electron chi connectivity index (χ3n) is 3.57. The van der Waals surface area contributed by atoms with Gasteiger partial charge in [-0.25, -0.2) is 0 Å². The fourth-order valence-corrected chi connectivity index (χ4v) is 6.06. The Kier molecular flexibility index (Phi) is 8.84. The highest BCUT2D eigenvalue weighted by molar-refractivity contribution is 8.76. The molecule has 154 valence electrons. The standard InChI is InChI=1S/C18H22O6S4/c1-15-7-9-17(10-8-15)27(19,20)23-11-13-25-26-14-12-24-28(21,22)18-6-4-3-5-16(18)2/h3-10H,11-14H2,1-2H3. The molecule has 28 heavy (non-hydrogen) atoms. The summed E-state index contributed by atoms with van der Waals surface area (Å²) in [6.45, 7) is 3.67. The molecule has 0 N–H and O–H groups in total. The van der Waals surface area contributed by atoms with Crippen LogP contribution >= 0.6 is 21.6 Å². The maximum absolute atomic E-state index is 12.1. The average molecular weight is 463 g/mol. The Morgan fingerprint density at radius 2 is 1.29 bits per heavy atom. The van der Waals surface area contributed by atoms with Crippen LogP contribution in [0.15, 0.2) is 58.3 Å². The van der Waals surface area contributed by atoms with E-state index in [0.717, 1.165) is 5.56 Å². The fraction of sp³-hybridized carbons (Fsp3) is 0.333. The molecule has 0 fully saturated rings. The minimum atomic E-state index is -3.77. The first-order valence-corrected chi connectivity index (χ1v) is 13.7. The van der Waals surface area contributed by atoms with Crippen molar-refractivity contribution < 1.29 is 25.2 Å². The van der Waals surface area contributed by atoms with Crippen molar-refractivity contribution in [3.8, 4) is 0 Å². The zero-order valence-corrected chi connectivity index (χ0v) is 18.8. The van der Waals surface area contributed by atoms with E-state index in [4.69, 9.17) is 8.37 Å². The average Bonchev–Trinajstić information content (AvgIpc) is 2.64. The van der Waals surface area contributed by atoms with Gasteiger partial charge in [-0.15, -0.1) is 0 Å². The van der Waals surface area contributed by atoms with E-state index in [0.29, 0.717) is 17.1 Å². The van der Waals surface area contributed by atoms with E-state index >= 15 is 0 Å². The molecule has 0 saturated carbocycles. The van der Waals surface area contributed by atoms with Gasteiger partial charge in [0.2, 0.25) is 0 Å². The zero-order valence-electron chi connectivity index (χ0n) is 15.5. The lowest BCUT2D eigenvalue weighted by Crippen LogP contribution is -2.10. The van der Waals surface area contributed by atoms with Crippen LogP contribution in [0.4, 0.5) is 0 Å². The smallest absolute Gasteiger partial charge is 0.265 e. The maximum Gasteiger partial charge on any atom is 0.297 e. The van der Waals surface area contributed by atoms with Gasteiger partial charge in [0.05, 0.1) is 23.0 Å². The lowest BCUT2D eigenvalue weighted by molar-refractivity contribution is 0.340. The minimum Gasteiger partial charge on any atom is -0.265 e. The Bertz CT molecular complexity index is 969. The quantitative estimate of drug-likeness (QED) is 0.283. The van der Waals surface area contributed by atoms with Gasteiger partial charge in [-0.3, -0.25) is 8.37 Å². The van der Waals surface area contributed by atoms with Gasteiger partial charge in [0.1, 0.15) is 0 Å². The van der Waals surface area contributed by atoms with Gasteiger partial charge in [0, 0.05) is 11.5 Å². The minimum absolute atomic E-state index is 0.0379. The number of hydrogen-bond acceptors (Lipinski definition) is 8. The van der Waals surface area contributed by atoms with Gasteiger partial charge >= 0.3 is 0 Å². The van der Waals surface area contributed by atoms with Crippen molar-refractivity contribution in [3.05, 3.63) is 59.7 Å². The summed E-state index contributed by atoms with van der Waals surface area (Å²) >= 11 is 0. The normalized spacial score (nSPS) is 12.2. The number of benzene rings is 2. The second-order valence-corrected chi connectivity index (χ2v) is 11.7. The molecule has 0 saturated heterocycles. The van der Waals surface area contributed by atoms with E-state index in [2.05, 4.69) is 0 Å². The molecular formula is C18H22O6S4. The molecule has 0 amide bonds. The highest BCUT2D eigenvalue weighted by Gasteiger charge is 2.17. The molecule has 2 rings (SSSR count). The maximum atomic E-state index is 12.1. The van der Waals surface area contributed by atoms with E-state index in [1.165, 1.54) is 39.8 Å². The van der Waals surface area contributed by atoms with Crippen LogP contribution in [0.1, 0.15) is 11.1 Å². The molecule has 0 radical (unpaired) electrons. The van der Waals surface area contributed by atoms with Crippen LogP contribution in [0.5, 0.6) is 0 Å². The first kappa shape index (κ1) is 23.2. The van der Waals surface area contributed by atoms with E-state index < -0.39 is 20.2 Å². The van der Waals surface area contributed by atoms with Crippen LogP contribution in [0.2, 0.25) is 0 Å². The van der Waals surface area contributed by atoms with Crippen molar-refractivity contribution >= 4 is 41.8 Å². The van der Waals surface area contributed by atoms with Crippen LogP contribution in [-0.2, 0) is 28.6 Å². The number of rotatable bonds is 11. The molecule has 0 aliphatic heterocycles. The highest BCUT2D eigenvalue weighted by atomic mass is 33.1. The van der Waals surface area contributed by atoms with Crippen LogP contribution in [-0.4, -0.2) is 41.6 Å². The van der Waals surface area contributed by atoms with E-state index in [1.807, 2.05) is 6.92 Å². The predicted molar refractivity (Wildman–Crippen MR) is 114 cm³/mol. The fourth-order valence-electron chi connectivity index (χ4n) is 2.15. The second kappa shape index (κ2) is 10.7. The lowest BCUT2D eigenvalue weighted by atomic mass is 10.2. The first-order chi connectivity index (χ1) is 13.2. The zero-order chi connectivity index (χ0) is 20.6. The van der Waals surface area contributed by atoms with Gasteiger partial charge < -0.3 is 0 Å². The Morgan fingerprint density at radius 1 is 0.750 bits per heavy atom. The molecule has 0 aromatic heterocycles. The Hall–Kier alpha value is -1.04. The summed E-state index contributed by atoms with van der Waals surface area (Å²) in [4.78, 5) is 0.299. The van der Waals surface area contributed by atoms with E-state index in [-0.39, 0.29) is 23.0 Å². The predicted octanol–water partition coefficient (Wildman–Crippen LogP) is 3.80. The molecule has 10 heteroatoms. The van der Waals surface area contributed by atoms with Crippen molar-refractivity contribution in [2.75, 3.05) is 24.7 Å². The molecule has 2 aromatic carbocycles. The molecule has 0 spiro atoms. The summed E-state index contributed by atoms with van der Waals surface area (Å²) in [5.41, 5.74) is 1.61. The van der Waals surface area contributed by atoms with E-state index in [1.54, 1.807) is 37.3 Å². The van der Waals surface area contributed by atoms with Crippen molar-refractivity contribution in [2.24, 2.45) is 0 Å². The topological polar surface area (TPSA) is 86.7 Å². The highest BCUT2D eigenvalue weighted by Crippen LogP contribution is 2.23. The summed E-state index contributed by atoms with van der Waals surface area (Å²) in [5, 5.41) is 0. The summed E-state index contributed by atoms with van der Waals surface area (Å²) in [6, 6.07) is 13.1. The molecule has 0 heterocycles. The summed E-state index contributed by atoms with van der Waals surface area (Å²) in [5.74, 6) is 0.890. The van der Waals surface area contributed by atoms with Crippen LogP contribution < -0.4 is 0 Å². The summed E-state index contributed by atoms with van der Waals surface area (Å²) < 4.78 is 58.3. The van der Waals surface area contributed by atoms with Crippen molar-refractivity contribution in [2.45, 2.75) is 23.6 Å². The molecule has 2 aromatic rings. The Balaban J connectivity index is 1.64. The Morgan fingerprint density at radius 3 is 1.86 bits per heavy atom. The molecule has 6 nitrogen and oxygen atoms in total. The molecular weight excluding hydrogens is 440 g/mol. The van der Waals surface area contributed by atoms with Crippen LogP contribution in [0.3, 0.4) is 0 Å². The summed E-state index contributed by atoms with van der Waals surface area (Å²) in [6.07, 6.45) is 0. The SMILES string of the molecule is Cc1ccc(S(=O)(=O)OCCSSCCOS(=O)(=O)c2ccccc2C)cc1. The Labute approximate surface area is 174 Å². The molecule has 0 aliphatic rings. The second-order valence-electron chi connectivity index (χ2n) is 5.77. The van der Waals surface area contributed by atoms with E-state index in [9.17, 15) is 16.8 Å². The van der Waals surface area contributed by atoms with Crippen LogP contribution in [0, 0.1) is 13.8 Å². The molecule has 0 aliphatic carbocycles. The third-order valence-corrected chi connectivity index (χ3v) is 8.70. The first-order valence-electron chi connectivity index (χ1n) is 8.38. The van der Waals surface area contributed by atoms with Crippen molar-refractivity contribution in [3.63, 3.8) is 0 Å². The summed E-state index contributed by atoms with van der Waals surface area (Å²) in [7, 11) is -4.74. The number of aryl methyl sites for hydroxylation is 2. The molecule has 0 unspecified atom stereocenters. The third kappa shape index (κ3) is 7.09. The van der Waals surface area contributed by atoms with Gasteiger partial charge in [-0.1, -0.05) is 57.5 Å². The number of hydrogen-bond donors (Lipinski definition) is 0. The van der Waals surface area contributed by atoms with Gasteiger partial charge in [0.15, 0.2) is 0 Å². The monoisotopic (exact) mass is 462 g/mol. The molecule has 0 atom stereocenters. The lowest BCUT2D eigenvalue weighted by Gasteiger charge is -2.08. The largest absolute Gasteiger partial charge is 0.297 e. The van der Waals surface area contributed by atoms with Crippen molar-refractivity contribution in [1.29, 1.82) is 0 Å². The van der Waals surface area contributed by atoms with Gasteiger partial charge in [0.25, 0.3) is 20.2 Å². The molecule has 0 bridgehead atoms. The van der Waals surface area contributed by atoms with Crippen LogP contribution in [0.25, 0.3) is 0 Å². The van der Waals surface area contributed by atoms with Gasteiger partial charge in [-0.05, 0) is 37.6 Å².